The summed E-state index contributed by atoms with van der Waals surface area (Å²) in [5.41, 5.74) is 1.61. The van der Waals surface area contributed by atoms with Crippen LogP contribution in [0.1, 0.15) is 63.2 Å². The van der Waals surface area contributed by atoms with Crippen molar-refractivity contribution < 1.29 is 18.8 Å². The van der Waals surface area contributed by atoms with Crippen LogP contribution in [-0.2, 0) is 11.2 Å². The zero-order chi connectivity index (χ0) is 22.1. The summed E-state index contributed by atoms with van der Waals surface area (Å²) in [6.07, 6.45) is 8.41. The Morgan fingerprint density at radius 1 is 1.19 bits per heavy atom. The largest absolute Gasteiger partial charge is 0.459 e. The number of Topliss-reactive ketones (excluding diaryl/α,β-unsaturated/α-hetero) is 1. The van der Waals surface area contributed by atoms with E-state index in [-0.39, 0.29) is 29.9 Å². The predicted molar refractivity (Wildman–Crippen MR) is 117 cm³/mol. The Morgan fingerprint density at radius 2 is 2.09 bits per heavy atom. The van der Waals surface area contributed by atoms with Gasteiger partial charge in [-0.2, -0.15) is 0 Å². The number of fused-ring (bicyclic) bond motifs is 1. The summed E-state index contributed by atoms with van der Waals surface area (Å²) in [5.74, 6) is -0.803. The molecule has 1 aliphatic heterocycles. The summed E-state index contributed by atoms with van der Waals surface area (Å²) < 4.78 is 5.10. The number of anilines is 1. The lowest BCUT2D eigenvalue weighted by Gasteiger charge is -2.38. The molecule has 2 amide bonds. The fourth-order valence-electron chi connectivity index (χ4n) is 4.47. The Hall–Kier alpha value is -3.33. The van der Waals surface area contributed by atoms with Gasteiger partial charge in [0.1, 0.15) is 0 Å². The molecule has 0 unspecified atom stereocenters. The van der Waals surface area contributed by atoms with E-state index in [1.54, 1.807) is 18.3 Å². The lowest BCUT2D eigenvalue weighted by Crippen LogP contribution is -2.44. The number of hydrogen-bond donors (Lipinski definition) is 1. The monoisotopic (exact) mass is 450 g/mol. The first-order valence-corrected chi connectivity index (χ1v) is 11.5. The van der Waals surface area contributed by atoms with Crippen LogP contribution in [0, 0.1) is 5.92 Å². The minimum atomic E-state index is -0.442. The first kappa shape index (κ1) is 20.6. The maximum absolute atomic E-state index is 13.5. The van der Waals surface area contributed by atoms with Crippen molar-refractivity contribution in [1.29, 1.82) is 0 Å². The molecule has 1 saturated heterocycles. The van der Waals surface area contributed by atoms with E-state index < -0.39 is 11.8 Å². The summed E-state index contributed by atoms with van der Waals surface area (Å²) in [7, 11) is 0. The second kappa shape index (κ2) is 8.66. The summed E-state index contributed by atoms with van der Waals surface area (Å²) in [6, 6.07) is 7.06. The van der Waals surface area contributed by atoms with Crippen molar-refractivity contribution in [2.24, 2.45) is 5.92 Å². The third kappa shape index (κ3) is 3.95. The molecular formula is C23H22N4O4S. The molecular weight excluding hydrogens is 428 g/mol. The second-order valence-electron chi connectivity index (χ2n) is 8.08. The van der Waals surface area contributed by atoms with Crippen molar-refractivity contribution in [2.75, 3.05) is 11.9 Å². The van der Waals surface area contributed by atoms with Crippen LogP contribution < -0.4 is 5.32 Å². The molecule has 1 fully saturated rings. The fourth-order valence-corrected chi connectivity index (χ4v) is 5.41. The van der Waals surface area contributed by atoms with Gasteiger partial charge in [-0.1, -0.05) is 17.4 Å². The van der Waals surface area contributed by atoms with Gasteiger partial charge in [-0.3, -0.25) is 24.7 Å². The molecule has 9 heteroatoms. The van der Waals surface area contributed by atoms with Crippen LogP contribution in [0.2, 0.25) is 0 Å². The average molecular weight is 451 g/mol. The molecule has 2 atom stereocenters. The van der Waals surface area contributed by atoms with Crippen LogP contribution in [0.25, 0.3) is 0 Å². The molecule has 0 saturated carbocycles. The predicted octanol–water partition coefficient (Wildman–Crippen LogP) is 3.88. The lowest BCUT2D eigenvalue weighted by atomic mass is 9.87. The zero-order valence-corrected chi connectivity index (χ0v) is 18.1. The molecule has 0 spiro atoms. The number of carbonyl (C=O) groups is 3. The lowest BCUT2D eigenvalue weighted by molar-refractivity contribution is -0.139. The molecule has 1 aliphatic carbocycles. The number of nitrogens with one attached hydrogen (secondary N) is 1. The molecule has 3 aromatic rings. The fraction of sp³-hybridized carbons (Fsp3) is 0.348. The van der Waals surface area contributed by atoms with E-state index >= 15 is 0 Å². The van der Waals surface area contributed by atoms with Crippen molar-refractivity contribution in [3.63, 3.8) is 0 Å². The summed E-state index contributed by atoms with van der Waals surface area (Å²) in [6.45, 7) is 0.678. The number of rotatable bonds is 4. The number of ketones is 1. The van der Waals surface area contributed by atoms with Crippen LogP contribution in [0.3, 0.4) is 0 Å². The van der Waals surface area contributed by atoms with E-state index in [9.17, 15) is 14.4 Å². The number of carbonyl (C=O) groups excluding carboxylic acids is 3. The normalized spacial score (nSPS) is 20.6. The first-order chi connectivity index (χ1) is 15.6. The average Bonchev–Trinajstić information content (AvgIpc) is 3.49. The quantitative estimate of drug-likeness (QED) is 0.647. The highest BCUT2D eigenvalue weighted by Gasteiger charge is 2.38. The van der Waals surface area contributed by atoms with Gasteiger partial charge in [0.2, 0.25) is 5.91 Å². The maximum Gasteiger partial charge on any atom is 0.293 e. The van der Waals surface area contributed by atoms with E-state index in [4.69, 9.17) is 4.42 Å². The molecule has 2 aliphatic rings. The van der Waals surface area contributed by atoms with Gasteiger partial charge in [0.15, 0.2) is 16.7 Å². The Kier molecular flexibility index (Phi) is 5.57. The van der Waals surface area contributed by atoms with Gasteiger partial charge in [0.05, 0.1) is 28.8 Å². The number of furan rings is 1. The number of amides is 2. The number of hydrogen-bond acceptors (Lipinski definition) is 7. The molecule has 8 nitrogen and oxygen atoms in total. The minimum Gasteiger partial charge on any atom is -0.459 e. The van der Waals surface area contributed by atoms with Gasteiger partial charge in [-0.25, -0.2) is 4.98 Å². The van der Waals surface area contributed by atoms with Crippen molar-refractivity contribution in [1.82, 2.24) is 14.9 Å². The zero-order valence-electron chi connectivity index (χ0n) is 17.3. The molecule has 4 heterocycles. The van der Waals surface area contributed by atoms with Gasteiger partial charge >= 0.3 is 0 Å². The topological polar surface area (TPSA) is 105 Å². The minimum absolute atomic E-state index is 0.00766. The molecule has 3 aromatic heterocycles. The Balaban J connectivity index is 1.33. The number of aromatic nitrogens is 2. The highest BCUT2D eigenvalue weighted by Crippen LogP contribution is 2.36. The van der Waals surface area contributed by atoms with Gasteiger partial charge in [0.25, 0.3) is 5.91 Å². The molecule has 5 rings (SSSR count). The van der Waals surface area contributed by atoms with Gasteiger partial charge in [0, 0.05) is 31.8 Å². The van der Waals surface area contributed by atoms with E-state index in [1.807, 2.05) is 23.2 Å². The van der Waals surface area contributed by atoms with Crippen molar-refractivity contribution in [3.8, 4) is 0 Å². The highest BCUT2D eigenvalue weighted by molar-refractivity contribution is 7.17. The van der Waals surface area contributed by atoms with Gasteiger partial charge in [-0.15, -0.1) is 0 Å². The molecule has 1 N–H and O–H groups in total. The van der Waals surface area contributed by atoms with Gasteiger partial charge < -0.3 is 9.32 Å². The number of thiazole rings is 1. The molecule has 164 valence electrons. The van der Waals surface area contributed by atoms with E-state index in [1.165, 1.54) is 6.26 Å². The standard InChI is InChI=1S/C23H22N4O4S/c28-18-12-15(22(30)27-9-2-1-6-17(27)14-5-3-8-24-13-14)11-16-20(18)32-23(25-16)26-21(29)19-7-4-10-31-19/h3-5,7-8,10,13,15,17H,1-2,6,9,11-12H2,(H,25,26,29)/t15-,17+/m1/s1. The van der Waals surface area contributed by atoms with Crippen molar-refractivity contribution >= 4 is 34.1 Å². The number of nitrogens with zero attached hydrogens (tertiary/aromatic N) is 3. The van der Waals surface area contributed by atoms with Crippen LogP contribution in [-0.4, -0.2) is 39.0 Å². The SMILES string of the molecule is O=C(Nc1nc2c(s1)C(=O)C[C@H](C(=O)N1CCCC[C@H]1c1cccnc1)C2)c1ccco1. The van der Waals surface area contributed by atoms with Crippen molar-refractivity contribution in [3.05, 3.63) is 64.8 Å². The highest BCUT2D eigenvalue weighted by atomic mass is 32.1. The Labute approximate surface area is 188 Å². The van der Waals surface area contributed by atoms with E-state index in [0.29, 0.717) is 28.7 Å². The number of likely N-dealkylation sites (tertiary alicyclic amines) is 1. The summed E-state index contributed by atoms with van der Waals surface area (Å²) in [5, 5.41) is 3.02. The first-order valence-electron chi connectivity index (χ1n) is 10.7. The third-order valence-corrected chi connectivity index (χ3v) is 7.05. The van der Waals surface area contributed by atoms with Crippen LogP contribution in [0.15, 0.2) is 47.3 Å². The van der Waals surface area contributed by atoms with E-state index in [0.717, 1.165) is 36.2 Å². The molecule has 0 aromatic carbocycles. The maximum atomic E-state index is 13.5. The number of piperidine rings is 1. The van der Waals surface area contributed by atoms with Crippen molar-refractivity contribution in [2.45, 2.75) is 38.1 Å². The smallest absolute Gasteiger partial charge is 0.293 e. The third-order valence-electron chi connectivity index (χ3n) is 5.99. The molecule has 32 heavy (non-hydrogen) atoms. The van der Waals surface area contributed by atoms with Crippen LogP contribution >= 0.6 is 11.3 Å². The van der Waals surface area contributed by atoms with Gasteiger partial charge in [-0.05, 0) is 43.0 Å². The summed E-state index contributed by atoms with van der Waals surface area (Å²) >= 11 is 1.15. The number of pyridine rings is 1. The second-order valence-corrected chi connectivity index (χ2v) is 9.08. The Bertz CT molecular complexity index is 1140. The molecule has 0 bridgehead atoms. The van der Waals surface area contributed by atoms with E-state index in [2.05, 4.69) is 15.3 Å². The van der Waals surface area contributed by atoms with Crippen LogP contribution in [0.5, 0.6) is 0 Å². The summed E-state index contributed by atoms with van der Waals surface area (Å²) in [4.78, 5) is 49.6. The van der Waals surface area contributed by atoms with Crippen LogP contribution in [0.4, 0.5) is 5.13 Å². The molecule has 0 radical (unpaired) electrons. The Morgan fingerprint density at radius 3 is 2.88 bits per heavy atom.